The van der Waals surface area contributed by atoms with E-state index in [1.165, 1.54) is 23.1 Å². The standard InChI is InChI=1S/C25H31ClNO2S/c1-17(2)15-24(25(13-6-14-25)20-9-11-21(26)12-10-20)27-30(28)29-23-16-19-7-4-5-8-22(19)18(23)3/h4-5,7-12,17-18,23,28H,6,13-16H2,1-3H3/q+1/t18-,23+,30?/m1/s1. The molecule has 1 saturated carbocycles. The second-order valence-electron chi connectivity index (χ2n) is 9.14. The normalized spacial score (nSPS) is 23.9. The van der Waals surface area contributed by atoms with Crippen molar-refractivity contribution in [2.24, 2.45) is 10.3 Å². The van der Waals surface area contributed by atoms with Crippen LogP contribution >= 0.6 is 11.6 Å². The van der Waals surface area contributed by atoms with Crippen LogP contribution in [0.2, 0.25) is 5.02 Å². The Balaban J connectivity index is 1.57. The SMILES string of the molecule is CC(C)CC(=N[S+](O)O[C@H]1Cc2ccccc2[C@H]1C)C1(c2ccc(Cl)cc2)CCC1. The molecule has 3 atom stereocenters. The fraction of sp³-hybridized carbons (Fsp3) is 0.480. The van der Waals surface area contributed by atoms with E-state index in [-0.39, 0.29) is 17.4 Å². The van der Waals surface area contributed by atoms with Gasteiger partial charge in [-0.05, 0) is 54.0 Å². The van der Waals surface area contributed by atoms with E-state index in [0.29, 0.717) is 5.92 Å². The number of hydrogen-bond acceptors (Lipinski definition) is 3. The molecule has 2 aliphatic carbocycles. The summed E-state index contributed by atoms with van der Waals surface area (Å²) in [6.07, 6.45) is 4.95. The summed E-state index contributed by atoms with van der Waals surface area (Å²) in [5.41, 5.74) is 4.85. The van der Waals surface area contributed by atoms with Crippen molar-refractivity contribution < 1.29 is 8.74 Å². The summed E-state index contributed by atoms with van der Waals surface area (Å²) in [5, 5.41) is 0.746. The molecule has 0 aromatic heterocycles. The quantitative estimate of drug-likeness (QED) is 0.372. The van der Waals surface area contributed by atoms with E-state index in [2.05, 4.69) is 57.2 Å². The molecule has 0 aliphatic heterocycles. The molecule has 0 radical (unpaired) electrons. The molecule has 30 heavy (non-hydrogen) atoms. The lowest BCUT2D eigenvalue weighted by atomic mass is 9.60. The molecular weight excluding hydrogens is 414 g/mol. The molecule has 1 N–H and O–H groups in total. The molecule has 2 aromatic carbocycles. The van der Waals surface area contributed by atoms with Gasteiger partial charge in [-0.15, -0.1) is 8.74 Å². The highest BCUT2D eigenvalue weighted by Crippen LogP contribution is 2.47. The molecule has 0 bridgehead atoms. The number of rotatable bonds is 7. The molecule has 0 saturated heterocycles. The average Bonchev–Trinajstić information content (AvgIpc) is 2.97. The number of fused-ring (bicyclic) bond motifs is 1. The van der Waals surface area contributed by atoms with Gasteiger partial charge in [0.1, 0.15) is 6.10 Å². The van der Waals surface area contributed by atoms with Crippen LogP contribution in [0.25, 0.3) is 0 Å². The summed E-state index contributed by atoms with van der Waals surface area (Å²) in [5.74, 6) is 0.723. The van der Waals surface area contributed by atoms with Gasteiger partial charge in [0.25, 0.3) is 0 Å². The van der Waals surface area contributed by atoms with Crippen molar-refractivity contribution >= 4 is 29.0 Å². The molecular formula is C25H31ClNO2S+. The second kappa shape index (κ2) is 9.04. The van der Waals surface area contributed by atoms with Gasteiger partial charge in [0.05, 0.1) is 5.71 Å². The Morgan fingerprint density at radius 1 is 1.20 bits per heavy atom. The van der Waals surface area contributed by atoms with E-state index >= 15 is 0 Å². The van der Waals surface area contributed by atoms with Crippen LogP contribution in [0, 0.1) is 5.92 Å². The van der Waals surface area contributed by atoms with Crippen LogP contribution in [-0.4, -0.2) is 16.4 Å². The minimum Gasteiger partial charge on any atom is -0.129 e. The highest BCUT2D eigenvalue weighted by molar-refractivity contribution is 7.85. The maximum absolute atomic E-state index is 10.9. The number of hydrogen-bond donors (Lipinski definition) is 1. The summed E-state index contributed by atoms with van der Waals surface area (Å²) in [6, 6.07) is 16.6. The van der Waals surface area contributed by atoms with E-state index in [1.807, 2.05) is 12.1 Å². The molecule has 5 heteroatoms. The zero-order valence-electron chi connectivity index (χ0n) is 18.0. The van der Waals surface area contributed by atoms with E-state index in [4.69, 9.17) is 20.2 Å². The Morgan fingerprint density at radius 2 is 1.90 bits per heavy atom. The smallest absolute Gasteiger partial charge is 0.129 e. The Morgan fingerprint density at radius 3 is 2.50 bits per heavy atom. The summed E-state index contributed by atoms with van der Waals surface area (Å²) >= 11 is 4.68. The van der Waals surface area contributed by atoms with Gasteiger partial charge in [0, 0.05) is 27.2 Å². The lowest BCUT2D eigenvalue weighted by molar-refractivity contribution is 0.199. The number of nitrogens with zero attached hydrogens (tertiary/aromatic N) is 1. The van der Waals surface area contributed by atoms with Crippen LogP contribution in [0.15, 0.2) is 52.9 Å². The van der Waals surface area contributed by atoms with E-state index in [1.54, 1.807) is 0 Å². The molecule has 4 rings (SSSR count). The van der Waals surface area contributed by atoms with Gasteiger partial charge < -0.3 is 0 Å². The van der Waals surface area contributed by atoms with Crippen LogP contribution < -0.4 is 0 Å². The van der Waals surface area contributed by atoms with E-state index in [9.17, 15) is 4.55 Å². The van der Waals surface area contributed by atoms with Crippen molar-refractivity contribution in [1.82, 2.24) is 0 Å². The minimum atomic E-state index is -1.45. The highest BCUT2D eigenvalue weighted by Gasteiger charge is 2.46. The Kier molecular flexibility index (Phi) is 6.59. The molecule has 1 fully saturated rings. The predicted molar refractivity (Wildman–Crippen MR) is 127 cm³/mol. The van der Waals surface area contributed by atoms with Crippen molar-refractivity contribution in [2.75, 3.05) is 0 Å². The van der Waals surface area contributed by atoms with Gasteiger partial charge in [-0.2, -0.15) is 0 Å². The van der Waals surface area contributed by atoms with Crippen molar-refractivity contribution in [3.8, 4) is 0 Å². The maximum atomic E-state index is 10.9. The summed E-state index contributed by atoms with van der Waals surface area (Å²) in [6.45, 7) is 6.58. The third kappa shape index (κ3) is 4.34. The predicted octanol–water partition coefficient (Wildman–Crippen LogP) is 6.92. The third-order valence-electron chi connectivity index (χ3n) is 6.68. The van der Waals surface area contributed by atoms with Crippen LogP contribution in [0.1, 0.15) is 69.1 Å². The molecule has 0 amide bonds. The minimum absolute atomic E-state index is 0.0346. The number of halogens is 1. The van der Waals surface area contributed by atoms with Crippen molar-refractivity contribution in [3.05, 3.63) is 70.2 Å². The molecule has 160 valence electrons. The first kappa shape index (κ1) is 21.9. The summed E-state index contributed by atoms with van der Waals surface area (Å²) < 4.78 is 21.8. The first-order valence-electron chi connectivity index (χ1n) is 10.9. The summed E-state index contributed by atoms with van der Waals surface area (Å²) in [4.78, 5) is 0. The van der Waals surface area contributed by atoms with Gasteiger partial charge in [0.2, 0.25) is 0 Å². The highest BCUT2D eigenvalue weighted by atomic mass is 35.5. The molecule has 2 aromatic rings. The third-order valence-corrected chi connectivity index (χ3v) is 7.73. The lowest BCUT2D eigenvalue weighted by Gasteiger charge is -2.43. The van der Waals surface area contributed by atoms with Gasteiger partial charge in [-0.25, -0.2) is 0 Å². The largest absolute Gasteiger partial charge is 0.476 e. The van der Waals surface area contributed by atoms with E-state index < -0.39 is 11.6 Å². The van der Waals surface area contributed by atoms with Crippen molar-refractivity contribution in [3.63, 3.8) is 0 Å². The molecule has 0 spiro atoms. The first-order valence-corrected chi connectivity index (χ1v) is 12.4. The average molecular weight is 445 g/mol. The zero-order chi connectivity index (χ0) is 21.3. The molecule has 3 nitrogen and oxygen atoms in total. The lowest BCUT2D eigenvalue weighted by Crippen LogP contribution is -2.43. The van der Waals surface area contributed by atoms with Crippen LogP contribution in [0.5, 0.6) is 0 Å². The Hall–Kier alpha value is -1.33. The van der Waals surface area contributed by atoms with Crippen molar-refractivity contribution in [1.29, 1.82) is 0 Å². The Bertz CT molecular complexity index is 908. The molecule has 0 heterocycles. The van der Waals surface area contributed by atoms with Crippen LogP contribution in [0.3, 0.4) is 0 Å². The molecule has 2 aliphatic rings. The zero-order valence-corrected chi connectivity index (χ0v) is 19.5. The van der Waals surface area contributed by atoms with Crippen LogP contribution in [0.4, 0.5) is 0 Å². The topological polar surface area (TPSA) is 41.8 Å². The van der Waals surface area contributed by atoms with E-state index in [0.717, 1.165) is 36.4 Å². The van der Waals surface area contributed by atoms with Gasteiger partial charge in [-0.1, -0.05) is 75.2 Å². The van der Waals surface area contributed by atoms with Gasteiger partial charge >= 0.3 is 11.6 Å². The second-order valence-corrected chi connectivity index (χ2v) is 10.4. The number of benzene rings is 2. The van der Waals surface area contributed by atoms with Crippen molar-refractivity contribution in [2.45, 2.75) is 70.3 Å². The Labute approximate surface area is 188 Å². The monoisotopic (exact) mass is 444 g/mol. The molecule has 1 unspecified atom stereocenters. The summed E-state index contributed by atoms with van der Waals surface area (Å²) in [7, 11) is 0. The maximum Gasteiger partial charge on any atom is 0.476 e. The fourth-order valence-electron chi connectivity index (χ4n) is 4.85. The fourth-order valence-corrected chi connectivity index (χ4v) is 5.91. The first-order chi connectivity index (χ1) is 14.4. The van der Waals surface area contributed by atoms with Gasteiger partial charge in [-0.3, -0.25) is 0 Å². The van der Waals surface area contributed by atoms with Gasteiger partial charge in [0.15, 0.2) is 0 Å². The van der Waals surface area contributed by atoms with Crippen LogP contribution in [-0.2, 0) is 27.7 Å².